The van der Waals surface area contributed by atoms with Crippen LogP contribution in [0.1, 0.15) is 17.3 Å². The average molecular weight is 321 g/mol. The maximum absolute atomic E-state index is 11.9. The molecule has 1 atom stereocenters. The minimum absolute atomic E-state index is 0.00762. The van der Waals surface area contributed by atoms with Crippen molar-refractivity contribution in [2.75, 3.05) is 5.32 Å². The lowest BCUT2D eigenvalue weighted by atomic mass is 10.2. The Hall–Kier alpha value is -2.60. The molecule has 0 fully saturated rings. The number of halogens is 1. The average Bonchev–Trinajstić information content (AvgIpc) is 2.49. The summed E-state index contributed by atoms with van der Waals surface area (Å²) in [7, 11) is 0. The third-order valence-electron chi connectivity index (χ3n) is 2.76. The Morgan fingerprint density at radius 2 is 2.00 bits per heavy atom. The van der Waals surface area contributed by atoms with Gasteiger partial charge in [-0.3, -0.25) is 4.79 Å². The number of carbonyl (C=O) groups is 2. The molecule has 114 valence electrons. The molecule has 0 radical (unpaired) electrons. The molecule has 6 nitrogen and oxygen atoms in total. The van der Waals surface area contributed by atoms with Crippen molar-refractivity contribution in [2.24, 2.45) is 0 Å². The van der Waals surface area contributed by atoms with Crippen LogP contribution in [0.4, 0.5) is 5.82 Å². The van der Waals surface area contributed by atoms with Crippen molar-refractivity contribution >= 4 is 29.3 Å². The van der Waals surface area contributed by atoms with Gasteiger partial charge in [-0.15, -0.1) is 0 Å². The first kappa shape index (κ1) is 15.8. The molecule has 0 aliphatic carbocycles. The number of para-hydroxylation sites is 1. The van der Waals surface area contributed by atoms with Crippen LogP contribution in [-0.4, -0.2) is 28.1 Å². The van der Waals surface area contributed by atoms with Crippen LogP contribution in [0.2, 0.25) is 5.02 Å². The van der Waals surface area contributed by atoms with E-state index in [1.807, 2.05) is 0 Å². The van der Waals surface area contributed by atoms with Crippen molar-refractivity contribution in [3.63, 3.8) is 0 Å². The predicted octanol–water partition coefficient (Wildman–Crippen LogP) is 2.62. The number of pyridine rings is 1. The maximum Gasteiger partial charge on any atom is 0.342 e. The lowest BCUT2D eigenvalue weighted by Gasteiger charge is -2.13. The number of aromatic nitrogens is 1. The van der Waals surface area contributed by atoms with Gasteiger partial charge in [0, 0.05) is 6.20 Å². The first-order valence-corrected chi connectivity index (χ1v) is 6.76. The van der Waals surface area contributed by atoms with E-state index in [1.54, 1.807) is 18.2 Å². The molecule has 0 aliphatic heterocycles. The van der Waals surface area contributed by atoms with Crippen molar-refractivity contribution in [3.8, 4) is 5.75 Å². The van der Waals surface area contributed by atoms with E-state index >= 15 is 0 Å². The molecule has 1 aromatic carbocycles. The summed E-state index contributed by atoms with van der Waals surface area (Å²) in [5, 5.41) is 12.5. The lowest BCUT2D eigenvalue weighted by molar-refractivity contribution is -0.123. The summed E-state index contributed by atoms with van der Waals surface area (Å²) >= 11 is 5.69. The summed E-state index contributed by atoms with van der Waals surface area (Å²) in [5.41, 5.74) is -0.00762. The highest BCUT2D eigenvalue weighted by Crippen LogP contribution is 2.17. The molecule has 2 aromatic rings. The molecule has 0 unspecified atom stereocenters. The van der Waals surface area contributed by atoms with E-state index in [-0.39, 0.29) is 11.3 Å². The molecule has 22 heavy (non-hydrogen) atoms. The van der Waals surface area contributed by atoms with Gasteiger partial charge in [0.1, 0.15) is 17.1 Å². The summed E-state index contributed by atoms with van der Waals surface area (Å²) in [6.07, 6.45) is 0.333. The second-order valence-corrected chi connectivity index (χ2v) is 4.85. The number of aromatic hydroxyl groups is 1. The highest BCUT2D eigenvalue weighted by molar-refractivity contribution is 6.30. The largest absolute Gasteiger partial charge is 0.507 e. The molecule has 1 heterocycles. The Balaban J connectivity index is 1.98. The van der Waals surface area contributed by atoms with Crippen molar-refractivity contribution in [1.82, 2.24) is 4.98 Å². The van der Waals surface area contributed by atoms with Gasteiger partial charge in [0.2, 0.25) is 0 Å². The van der Waals surface area contributed by atoms with Crippen LogP contribution in [0.15, 0.2) is 42.6 Å². The number of phenolic OH excluding ortho intramolecular Hbond substituents is 1. The number of anilines is 1. The van der Waals surface area contributed by atoms with Gasteiger partial charge in [-0.1, -0.05) is 23.7 Å². The smallest absolute Gasteiger partial charge is 0.342 e. The molecule has 0 aliphatic rings. The third kappa shape index (κ3) is 3.95. The van der Waals surface area contributed by atoms with Gasteiger partial charge in [-0.2, -0.15) is 0 Å². The summed E-state index contributed by atoms with van der Waals surface area (Å²) in [6.45, 7) is 1.42. The van der Waals surface area contributed by atoms with Crippen LogP contribution in [0.5, 0.6) is 5.75 Å². The highest BCUT2D eigenvalue weighted by Gasteiger charge is 2.21. The van der Waals surface area contributed by atoms with Gasteiger partial charge in [0.15, 0.2) is 6.10 Å². The highest BCUT2D eigenvalue weighted by atomic mass is 35.5. The van der Waals surface area contributed by atoms with E-state index in [2.05, 4.69) is 10.3 Å². The molecular weight excluding hydrogens is 308 g/mol. The fourth-order valence-corrected chi connectivity index (χ4v) is 1.71. The summed E-state index contributed by atoms with van der Waals surface area (Å²) in [5.74, 6) is -1.25. The summed E-state index contributed by atoms with van der Waals surface area (Å²) in [4.78, 5) is 27.7. The van der Waals surface area contributed by atoms with Gasteiger partial charge in [-0.25, -0.2) is 9.78 Å². The lowest BCUT2D eigenvalue weighted by Crippen LogP contribution is -2.30. The van der Waals surface area contributed by atoms with E-state index in [0.29, 0.717) is 10.8 Å². The predicted molar refractivity (Wildman–Crippen MR) is 80.9 cm³/mol. The fraction of sp³-hybridized carbons (Fsp3) is 0.133. The SMILES string of the molecule is C[C@@H](OC(=O)c1ccccc1O)C(=O)Nc1ccc(Cl)cn1. The number of hydrogen-bond acceptors (Lipinski definition) is 5. The molecule has 0 saturated carbocycles. The number of carbonyl (C=O) groups excluding carboxylic acids is 2. The minimum Gasteiger partial charge on any atom is -0.507 e. The third-order valence-corrected chi connectivity index (χ3v) is 2.98. The van der Waals surface area contributed by atoms with Crippen LogP contribution in [0, 0.1) is 0 Å². The minimum atomic E-state index is -1.05. The van der Waals surface area contributed by atoms with E-state index < -0.39 is 18.0 Å². The number of phenols is 1. The van der Waals surface area contributed by atoms with Gasteiger partial charge in [0.25, 0.3) is 5.91 Å². The molecule has 0 saturated heterocycles. The van der Waals surface area contributed by atoms with Gasteiger partial charge < -0.3 is 15.2 Å². The molecular formula is C15H13ClN2O4. The van der Waals surface area contributed by atoms with Crippen molar-refractivity contribution in [3.05, 3.63) is 53.2 Å². The van der Waals surface area contributed by atoms with Crippen LogP contribution in [0.25, 0.3) is 0 Å². The monoisotopic (exact) mass is 320 g/mol. The maximum atomic E-state index is 11.9. The molecule has 1 amide bonds. The normalized spacial score (nSPS) is 11.5. The van der Waals surface area contributed by atoms with Gasteiger partial charge in [-0.05, 0) is 31.2 Å². The Labute approximate surface area is 131 Å². The number of amides is 1. The Morgan fingerprint density at radius 3 is 2.64 bits per heavy atom. The van der Waals surface area contributed by atoms with Crippen LogP contribution in [0.3, 0.4) is 0 Å². The van der Waals surface area contributed by atoms with Crippen molar-refractivity contribution in [1.29, 1.82) is 0 Å². The van der Waals surface area contributed by atoms with Crippen LogP contribution >= 0.6 is 11.6 Å². The molecule has 2 N–H and O–H groups in total. The van der Waals surface area contributed by atoms with E-state index in [1.165, 1.54) is 31.3 Å². The zero-order chi connectivity index (χ0) is 16.1. The summed E-state index contributed by atoms with van der Waals surface area (Å²) in [6, 6.07) is 9.02. The molecule has 0 spiro atoms. The first-order valence-electron chi connectivity index (χ1n) is 6.39. The van der Waals surface area contributed by atoms with E-state index in [4.69, 9.17) is 16.3 Å². The van der Waals surface area contributed by atoms with Crippen molar-refractivity contribution in [2.45, 2.75) is 13.0 Å². The molecule has 7 heteroatoms. The van der Waals surface area contributed by atoms with E-state index in [9.17, 15) is 14.7 Å². The Bertz CT molecular complexity index is 688. The van der Waals surface area contributed by atoms with Crippen LogP contribution < -0.4 is 5.32 Å². The van der Waals surface area contributed by atoms with Crippen LogP contribution in [-0.2, 0) is 9.53 Å². The number of esters is 1. The molecule has 0 bridgehead atoms. The second kappa shape index (κ2) is 6.91. The Kier molecular flexibility index (Phi) is 4.95. The number of rotatable bonds is 4. The number of hydrogen-bond donors (Lipinski definition) is 2. The number of nitrogens with zero attached hydrogens (tertiary/aromatic N) is 1. The zero-order valence-electron chi connectivity index (χ0n) is 11.6. The standard InChI is InChI=1S/C15H13ClN2O4/c1-9(14(20)18-13-7-6-10(16)8-17-13)22-15(21)11-4-2-3-5-12(11)19/h2-9,19H,1H3,(H,17,18,20)/t9-/m1/s1. The fourth-order valence-electron chi connectivity index (χ4n) is 1.60. The number of nitrogens with one attached hydrogen (secondary N) is 1. The number of benzene rings is 1. The molecule has 1 aromatic heterocycles. The quantitative estimate of drug-likeness (QED) is 0.845. The first-order chi connectivity index (χ1) is 10.5. The zero-order valence-corrected chi connectivity index (χ0v) is 12.4. The second-order valence-electron chi connectivity index (χ2n) is 4.42. The molecule has 2 rings (SSSR count). The topological polar surface area (TPSA) is 88.5 Å². The van der Waals surface area contributed by atoms with E-state index in [0.717, 1.165) is 0 Å². The number of ether oxygens (including phenoxy) is 1. The summed E-state index contributed by atoms with van der Waals surface area (Å²) < 4.78 is 5.01. The van der Waals surface area contributed by atoms with Gasteiger partial charge in [0.05, 0.1) is 5.02 Å². The van der Waals surface area contributed by atoms with Crippen molar-refractivity contribution < 1.29 is 19.4 Å². The Morgan fingerprint density at radius 1 is 1.27 bits per heavy atom. The van der Waals surface area contributed by atoms with Gasteiger partial charge >= 0.3 is 5.97 Å².